The summed E-state index contributed by atoms with van der Waals surface area (Å²) in [4.78, 5) is 10.9. The Balaban J connectivity index is 1.94. The topological polar surface area (TPSA) is 115 Å². The second-order valence-electron chi connectivity index (χ2n) is 6.81. The summed E-state index contributed by atoms with van der Waals surface area (Å²) in [7, 11) is 1.78. The van der Waals surface area contributed by atoms with Crippen molar-refractivity contribution in [3.05, 3.63) is 53.6 Å². The Hall–Kier alpha value is -3.22. The van der Waals surface area contributed by atoms with Crippen LogP contribution in [0.2, 0.25) is 0 Å². The molecular weight excluding hydrogens is 338 g/mol. The van der Waals surface area contributed by atoms with Gasteiger partial charge in [0.15, 0.2) is 0 Å². The van der Waals surface area contributed by atoms with Gasteiger partial charge in [-0.15, -0.1) is 0 Å². The predicted molar refractivity (Wildman–Crippen MR) is 111 cm³/mol. The second-order valence-corrected chi connectivity index (χ2v) is 6.81. The van der Waals surface area contributed by atoms with Crippen LogP contribution in [0.5, 0.6) is 0 Å². The minimum atomic E-state index is 0.249. The summed E-state index contributed by atoms with van der Waals surface area (Å²) in [5, 5.41) is 19.2. The minimum Gasteiger partial charge on any atom is -0.398 e. The van der Waals surface area contributed by atoms with Gasteiger partial charge in [0.05, 0.1) is 11.4 Å². The number of nitrogens with zero attached hydrogens (tertiary/aromatic N) is 3. The van der Waals surface area contributed by atoms with E-state index >= 15 is 0 Å². The van der Waals surface area contributed by atoms with Crippen LogP contribution in [0.25, 0.3) is 5.57 Å². The Labute approximate surface area is 159 Å². The Kier molecular flexibility index (Phi) is 5.49. The number of allylic oxidation sites excluding steroid dienone is 1. The third-order valence-corrected chi connectivity index (χ3v) is 4.77. The molecule has 1 aromatic carbocycles. The van der Waals surface area contributed by atoms with E-state index in [2.05, 4.69) is 27.1 Å². The van der Waals surface area contributed by atoms with E-state index in [0.29, 0.717) is 28.4 Å². The van der Waals surface area contributed by atoms with Crippen molar-refractivity contribution in [3.8, 4) is 0 Å². The number of aromatic nitrogens is 2. The number of nitrogens with one attached hydrogen (secondary N) is 3. The summed E-state index contributed by atoms with van der Waals surface area (Å²) in [5.41, 5.74) is 9.55. The summed E-state index contributed by atoms with van der Waals surface area (Å²) < 4.78 is 0. The van der Waals surface area contributed by atoms with Gasteiger partial charge in [0.25, 0.3) is 0 Å². The summed E-state index contributed by atoms with van der Waals surface area (Å²) in [6.07, 6.45) is 5.66. The quantitative estimate of drug-likeness (QED) is 0.465. The normalized spacial score (nSPS) is 17.0. The number of anilines is 2. The number of rotatable bonds is 6. The molecule has 3 rings (SSSR count). The van der Waals surface area contributed by atoms with Gasteiger partial charge in [-0.2, -0.15) is 0 Å². The second kappa shape index (κ2) is 7.99. The average Bonchev–Trinajstić information content (AvgIpc) is 3.12. The van der Waals surface area contributed by atoms with Crippen LogP contribution < -0.4 is 16.0 Å². The molecule has 2 aromatic rings. The fourth-order valence-corrected chi connectivity index (χ4v) is 3.25. The van der Waals surface area contributed by atoms with Gasteiger partial charge in [-0.25, -0.2) is 9.97 Å². The highest BCUT2D eigenvalue weighted by atomic mass is 15.2. The van der Waals surface area contributed by atoms with E-state index in [1.54, 1.807) is 19.3 Å². The molecule has 0 amide bonds. The predicted octanol–water partition coefficient (Wildman–Crippen LogP) is 2.53. The van der Waals surface area contributed by atoms with Crippen LogP contribution in [0.3, 0.4) is 0 Å². The Morgan fingerprint density at radius 3 is 2.81 bits per heavy atom. The van der Waals surface area contributed by atoms with Crippen molar-refractivity contribution in [3.63, 3.8) is 0 Å². The largest absolute Gasteiger partial charge is 0.398 e. The first-order valence-corrected chi connectivity index (χ1v) is 8.97. The molecule has 0 saturated carbocycles. The molecule has 0 radical (unpaired) electrons. The van der Waals surface area contributed by atoms with E-state index in [1.807, 2.05) is 18.2 Å². The van der Waals surface area contributed by atoms with Crippen LogP contribution in [-0.4, -0.2) is 42.0 Å². The molecule has 140 valence electrons. The van der Waals surface area contributed by atoms with Crippen molar-refractivity contribution in [2.24, 2.45) is 5.92 Å². The Morgan fingerprint density at radius 1 is 1.33 bits per heavy atom. The van der Waals surface area contributed by atoms with Gasteiger partial charge in [0, 0.05) is 55.4 Å². The zero-order valence-corrected chi connectivity index (χ0v) is 15.7. The number of hydrogen-bond acceptors (Lipinski definition) is 7. The van der Waals surface area contributed by atoms with E-state index < -0.39 is 0 Å². The summed E-state index contributed by atoms with van der Waals surface area (Å²) in [6, 6.07) is 7.28. The lowest BCUT2D eigenvalue weighted by Gasteiger charge is -2.17. The van der Waals surface area contributed by atoms with Crippen LogP contribution in [0.15, 0.2) is 36.8 Å². The molecular formula is C20H25N7. The van der Waals surface area contributed by atoms with Crippen molar-refractivity contribution in [2.75, 3.05) is 30.8 Å². The zero-order valence-electron chi connectivity index (χ0n) is 15.7. The molecule has 5 N–H and O–H groups in total. The molecule has 7 heteroatoms. The molecule has 7 nitrogen and oxygen atoms in total. The molecule has 1 atom stereocenters. The smallest absolute Gasteiger partial charge is 0.132 e. The molecule has 0 unspecified atom stereocenters. The van der Waals surface area contributed by atoms with Crippen molar-refractivity contribution < 1.29 is 0 Å². The Bertz CT molecular complexity index is 888. The molecule has 0 spiro atoms. The first-order valence-electron chi connectivity index (χ1n) is 8.97. The maximum Gasteiger partial charge on any atom is 0.132 e. The SMILES string of the molecule is CN/C=C(\C=N)c1ccc(N)c(C(=N)c2cc(N3CC[C@H](C)C3)ncn2)c1. The molecule has 1 saturated heterocycles. The first kappa shape index (κ1) is 18.6. The highest BCUT2D eigenvalue weighted by molar-refractivity contribution is 6.15. The van der Waals surface area contributed by atoms with Crippen molar-refractivity contribution in [1.29, 1.82) is 10.8 Å². The van der Waals surface area contributed by atoms with E-state index in [9.17, 15) is 0 Å². The van der Waals surface area contributed by atoms with E-state index in [-0.39, 0.29) is 5.71 Å². The molecule has 1 aromatic heterocycles. The number of benzene rings is 1. The van der Waals surface area contributed by atoms with E-state index in [4.69, 9.17) is 16.6 Å². The highest BCUT2D eigenvalue weighted by Gasteiger charge is 2.21. The van der Waals surface area contributed by atoms with Gasteiger partial charge < -0.3 is 21.4 Å². The van der Waals surface area contributed by atoms with Crippen molar-refractivity contribution in [2.45, 2.75) is 13.3 Å². The molecule has 1 aliphatic rings. The van der Waals surface area contributed by atoms with E-state index in [1.165, 1.54) is 12.5 Å². The van der Waals surface area contributed by atoms with Gasteiger partial charge in [0.2, 0.25) is 0 Å². The number of nitrogens with two attached hydrogens (primary N) is 1. The molecule has 1 aliphatic heterocycles. The van der Waals surface area contributed by atoms with Gasteiger partial charge in [-0.1, -0.05) is 13.0 Å². The van der Waals surface area contributed by atoms with Crippen LogP contribution in [0.4, 0.5) is 11.5 Å². The standard InChI is InChI=1S/C20H25N7/c1-13-5-6-27(11-13)19-8-18(25-12-26-19)20(23)16-7-14(3-4-17(16)22)15(9-21)10-24-2/h3-4,7-10,12-13,21,23-24H,5-6,11,22H2,1-2H3/b15-10+,21-9?,23-20?/t13-/m0/s1. The first-order chi connectivity index (χ1) is 13.0. The fraction of sp³-hybridized carbons (Fsp3) is 0.300. The Morgan fingerprint density at radius 2 is 2.15 bits per heavy atom. The molecule has 27 heavy (non-hydrogen) atoms. The third kappa shape index (κ3) is 3.97. The summed E-state index contributed by atoms with van der Waals surface area (Å²) >= 11 is 0. The maximum atomic E-state index is 8.63. The highest BCUT2D eigenvalue weighted by Crippen LogP contribution is 2.25. The van der Waals surface area contributed by atoms with Crippen LogP contribution >= 0.6 is 0 Å². The van der Waals surface area contributed by atoms with Crippen molar-refractivity contribution >= 4 is 29.0 Å². The molecule has 0 bridgehead atoms. The lowest BCUT2D eigenvalue weighted by molar-refractivity contribution is 0.659. The monoisotopic (exact) mass is 363 g/mol. The third-order valence-electron chi connectivity index (χ3n) is 4.77. The van der Waals surface area contributed by atoms with Crippen LogP contribution in [-0.2, 0) is 0 Å². The minimum absolute atomic E-state index is 0.249. The van der Waals surface area contributed by atoms with Crippen LogP contribution in [0, 0.1) is 16.7 Å². The maximum absolute atomic E-state index is 8.63. The lowest BCUT2D eigenvalue weighted by Crippen LogP contribution is -2.21. The van der Waals surface area contributed by atoms with Gasteiger partial charge in [-0.05, 0) is 30.0 Å². The average molecular weight is 363 g/mol. The molecule has 0 aliphatic carbocycles. The molecule has 1 fully saturated rings. The summed E-state index contributed by atoms with van der Waals surface area (Å²) in [5.74, 6) is 1.49. The molecule has 2 heterocycles. The van der Waals surface area contributed by atoms with E-state index in [0.717, 1.165) is 30.9 Å². The zero-order chi connectivity index (χ0) is 19.4. The lowest BCUT2D eigenvalue weighted by atomic mass is 9.98. The van der Waals surface area contributed by atoms with Crippen LogP contribution in [0.1, 0.15) is 30.2 Å². The van der Waals surface area contributed by atoms with Crippen molar-refractivity contribution in [1.82, 2.24) is 15.3 Å². The van der Waals surface area contributed by atoms with Gasteiger partial charge in [-0.3, -0.25) is 5.41 Å². The van der Waals surface area contributed by atoms with Gasteiger partial charge >= 0.3 is 0 Å². The number of hydrogen-bond donors (Lipinski definition) is 4. The van der Waals surface area contributed by atoms with Gasteiger partial charge in [0.1, 0.15) is 12.1 Å². The fourth-order valence-electron chi connectivity index (χ4n) is 3.25. The summed E-state index contributed by atoms with van der Waals surface area (Å²) in [6.45, 7) is 4.18. The number of nitrogen functional groups attached to an aromatic ring is 1.